The van der Waals surface area contributed by atoms with Crippen molar-refractivity contribution < 1.29 is 27.8 Å². The molecule has 0 heterocycles. The Bertz CT molecular complexity index is 1080. The molecule has 0 N–H and O–H groups in total. The maximum absolute atomic E-state index is 14.3. The summed E-state index contributed by atoms with van der Waals surface area (Å²) in [6, 6.07) is 16.7. The second-order valence-corrected chi connectivity index (χ2v) is 6.96. The van der Waals surface area contributed by atoms with Gasteiger partial charge in [0.1, 0.15) is 17.4 Å². The summed E-state index contributed by atoms with van der Waals surface area (Å²) in [5, 5.41) is 0. The molecule has 0 spiro atoms. The number of halogens is 2. The molecule has 160 valence electrons. The summed E-state index contributed by atoms with van der Waals surface area (Å²) in [5.41, 5.74) is 1.64. The van der Waals surface area contributed by atoms with Crippen molar-refractivity contribution in [1.29, 1.82) is 0 Å². The average molecular weight is 424 g/mol. The molecule has 0 bridgehead atoms. The Kier molecular flexibility index (Phi) is 7.49. The fourth-order valence-corrected chi connectivity index (χ4v) is 3.01. The number of Topliss-reactive ketones (excluding diaryl/α,β-unsaturated/α-hetero) is 1. The second-order valence-electron chi connectivity index (χ2n) is 6.96. The summed E-state index contributed by atoms with van der Waals surface area (Å²) in [4.78, 5) is 24.3. The fraction of sp³-hybridized carbons (Fsp3) is 0.200. The molecule has 0 amide bonds. The number of carbonyl (C=O) groups is 2. The van der Waals surface area contributed by atoms with Crippen LogP contribution in [-0.4, -0.2) is 25.0 Å². The van der Waals surface area contributed by atoms with Gasteiger partial charge in [0.2, 0.25) is 0 Å². The van der Waals surface area contributed by atoms with Crippen LogP contribution < -0.4 is 4.74 Å². The quantitative estimate of drug-likeness (QED) is 0.341. The average Bonchev–Trinajstić information content (AvgIpc) is 2.76. The molecule has 0 saturated carbocycles. The Morgan fingerprint density at radius 1 is 0.903 bits per heavy atom. The molecule has 3 rings (SSSR count). The van der Waals surface area contributed by atoms with Crippen molar-refractivity contribution in [3.63, 3.8) is 0 Å². The standard InChI is InChI=1S/C25H22F2O4/c1-2-11-30-25(29)16-31-21-8-3-5-17(12-21)13-24(28)22-15-19(9-10-23(22)27)18-6-4-7-20(26)14-18/h3-10,12,14-15H,2,11,13,16H2,1H3. The van der Waals surface area contributed by atoms with E-state index in [4.69, 9.17) is 9.47 Å². The van der Waals surface area contributed by atoms with Crippen LogP contribution in [0.1, 0.15) is 29.3 Å². The van der Waals surface area contributed by atoms with Gasteiger partial charge in [0, 0.05) is 6.42 Å². The summed E-state index contributed by atoms with van der Waals surface area (Å²) < 4.78 is 38.2. The molecular weight excluding hydrogens is 402 g/mol. The molecular formula is C25H22F2O4. The number of ether oxygens (including phenoxy) is 2. The molecule has 6 heteroatoms. The molecule has 0 aliphatic carbocycles. The number of esters is 1. The van der Waals surface area contributed by atoms with Crippen LogP contribution in [0, 0.1) is 11.6 Å². The van der Waals surface area contributed by atoms with Gasteiger partial charge in [-0.25, -0.2) is 13.6 Å². The maximum atomic E-state index is 14.3. The summed E-state index contributed by atoms with van der Waals surface area (Å²) in [7, 11) is 0. The van der Waals surface area contributed by atoms with Gasteiger partial charge in [-0.05, 0) is 59.5 Å². The molecule has 3 aromatic carbocycles. The third-order valence-corrected chi connectivity index (χ3v) is 4.51. The summed E-state index contributed by atoms with van der Waals surface area (Å²) >= 11 is 0. The molecule has 0 unspecified atom stereocenters. The summed E-state index contributed by atoms with van der Waals surface area (Å²) in [5.74, 6) is -1.54. The van der Waals surface area contributed by atoms with Crippen LogP contribution in [-0.2, 0) is 16.0 Å². The highest BCUT2D eigenvalue weighted by atomic mass is 19.1. The van der Waals surface area contributed by atoms with Crippen molar-refractivity contribution in [2.75, 3.05) is 13.2 Å². The molecule has 4 nitrogen and oxygen atoms in total. The Morgan fingerprint density at radius 3 is 2.45 bits per heavy atom. The number of carbonyl (C=O) groups excluding carboxylic acids is 2. The number of hydrogen-bond acceptors (Lipinski definition) is 4. The Hall–Kier alpha value is -3.54. The monoisotopic (exact) mass is 424 g/mol. The summed E-state index contributed by atoms with van der Waals surface area (Å²) in [6.45, 7) is 1.99. The van der Waals surface area contributed by atoms with Crippen molar-refractivity contribution in [2.24, 2.45) is 0 Å². The third-order valence-electron chi connectivity index (χ3n) is 4.51. The number of benzene rings is 3. The van der Waals surface area contributed by atoms with Crippen LogP contribution in [0.15, 0.2) is 66.7 Å². The lowest BCUT2D eigenvalue weighted by atomic mass is 9.97. The molecule has 31 heavy (non-hydrogen) atoms. The first-order valence-electron chi connectivity index (χ1n) is 9.92. The molecule has 0 saturated heterocycles. The minimum Gasteiger partial charge on any atom is -0.482 e. The summed E-state index contributed by atoms with van der Waals surface area (Å²) in [6.07, 6.45) is 0.668. The zero-order valence-corrected chi connectivity index (χ0v) is 17.1. The van der Waals surface area contributed by atoms with E-state index in [9.17, 15) is 18.4 Å². The Morgan fingerprint density at radius 2 is 1.68 bits per heavy atom. The van der Waals surface area contributed by atoms with Crippen molar-refractivity contribution in [2.45, 2.75) is 19.8 Å². The van der Waals surface area contributed by atoms with E-state index in [1.807, 2.05) is 6.92 Å². The molecule has 0 fully saturated rings. The number of ketones is 1. The van der Waals surface area contributed by atoms with Crippen molar-refractivity contribution in [3.05, 3.63) is 89.5 Å². The highest BCUT2D eigenvalue weighted by molar-refractivity contribution is 5.98. The molecule has 0 aromatic heterocycles. The van der Waals surface area contributed by atoms with Gasteiger partial charge >= 0.3 is 5.97 Å². The van der Waals surface area contributed by atoms with Gasteiger partial charge in [0.05, 0.1) is 12.2 Å². The molecule has 0 radical (unpaired) electrons. The van der Waals surface area contributed by atoms with Crippen molar-refractivity contribution in [1.82, 2.24) is 0 Å². The van der Waals surface area contributed by atoms with Gasteiger partial charge in [0.15, 0.2) is 12.4 Å². The van der Waals surface area contributed by atoms with E-state index in [0.29, 0.717) is 29.0 Å². The van der Waals surface area contributed by atoms with Crippen LogP contribution >= 0.6 is 0 Å². The SMILES string of the molecule is CCCOC(=O)COc1cccc(CC(=O)c2cc(-c3cccc(F)c3)ccc2F)c1. The van der Waals surface area contributed by atoms with Crippen molar-refractivity contribution in [3.8, 4) is 16.9 Å². The van der Waals surface area contributed by atoms with Crippen LogP contribution in [0.2, 0.25) is 0 Å². The van der Waals surface area contributed by atoms with Crippen LogP contribution in [0.3, 0.4) is 0 Å². The molecule has 3 aromatic rings. The van der Waals surface area contributed by atoms with E-state index < -0.39 is 23.4 Å². The van der Waals surface area contributed by atoms with Gasteiger partial charge in [-0.2, -0.15) is 0 Å². The minimum atomic E-state index is -0.642. The number of rotatable bonds is 9. The Balaban J connectivity index is 1.71. The van der Waals surface area contributed by atoms with Crippen LogP contribution in [0.25, 0.3) is 11.1 Å². The first-order chi connectivity index (χ1) is 15.0. The van der Waals surface area contributed by atoms with Crippen molar-refractivity contribution >= 4 is 11.8 Å². The molecule has 0 aliphatic heterocycles. The van der Waals surface area contributed by atoms with Crippen LogP contribution in [0.4, 0.5) is 8.78 Å². The van der Waals surface area contributed by atoms with E-state index in [2.05, 4.69) is 0 Å². The van der Waals surface area contributed by atoms with E-state index in [1.165, 1.54) is 30.3 Å². The van der Waals surface area contributed by atoms with E-state index in [0.717, 1.165) is 6.42 Å². The van der Waals surface area contributed by atoms with E-state index in [1.54, 1.807) is 36.4 Å². The third kappa shape index (κ3) is 6.22. The predicted molar refractivity (Wildman–Crippen MR) is 113 cm³/mol. The molecule has 0 aliphatic rings. The first kappa shape index (κ1) is 22.2. The highest BCUT2D eigenvalue weighted by Gasteiger charge is 2.15. The fourth-order valence-electron chi connectivity index (χ4n) is 3.01. The first-order valence-corrected chi connectivity index (χ1v) is 9.92. The lowest BCUT2D eigenvalue weighted by Gasteiger charge is -2.09. The van der Waals surface area contributed by atoms with Gasteiger partial charge in [0.25, 0.3) is 0 Å². The molecule has 0 atom stereocenters. The largest absolute Gasteiger partial charge is 0.482 e. The maximum Gasteiger partial charge on any atom is 0.344 e. The van der Waals surface area contributed by atoms with Gasteiger partial charge in [-0.15, -0.1) is 0 Å². The van der Waals surface area contributed by atoms with Gasteiger partial charge in [-0.3, -0.25) is 4.79 Å². The van der Waals surface area contributed by atoms with Gasteiger partial charge < -0.3 is 9.47 Å². The lowest BCUT2D eigenvalue weighted by Crippen LogP contribution is -2.15. The lowest BCUT2D eigenvalue weighted by molar-refractivity contribution is -0.146. The second kappa shape index (κ2) is 10.5. The van der Waals surface area contributed by atoms with Crippen LogP contribution in [0.5, 0.6) is 5.75 Å². The predicted octanol–water partition coefficient (Wildman–Crippen LogP) is 5.39. The highest BCUT2D eigenvalue weighted by Crippen LogP contribution is 2.24. The van der Waals surface area contributed by atoms with E-state index >= 15 is 0 Å². The van der Waals surface area contributed by atoms with E-state index in [-0.39, 0.29) is 18.6 Å². The zero-order chi connectivity index (χ0) is 22.2. The smallest absolute Gasteiger partial charge is 0.344 e. The normalized spacial score (nSPS) is 10.5. The zero-order valence-electron chi connectivity index (χ0n) is 17.1. The number of hydrogen-bond donors (Lipinski definition) is 0. The topological polar surface area (TPSA) is 52.6 Å². The minimum absolute atomic E-state index is 0.0546. The Labute approximate surface area is 179 Å². The van der Waals surface area contributed by atoms with Gasteiger partial charge in [-0.1, -0.05) is 37.3 Å².